The van der Waals surface area contributed by atoms with Crippen molar-refractivity contribution >= 4 is 5.97 Å². The van der Waals surface area contributed by atoms with E-state index in [1.165, 1.54) is 0 Å². The monoisotopic (exact) mass is 158 g/mol. The molecule has 0 aliphatic heterocycles. The SMILES string of the molecule is C=CCN(C)CC(=O)OCN. The van der Waals surface area contributed by atoms with Crippen molar-refractivity contribution in [3.63, 3.8) is 0 Å². The number of carbonyl (C=O) groups is 1. The molecular weight excluding hydrogens is 144 g/mol. The highest BCUT2D eigenvalue weighted by Crippen LogP contribution is 1.84. The van der Waals surface area contributed by atoms with E-state index < -0.39 is 0 Å². The number of likely N-dealkylation sites (N-methyl/N-ethyl adjacent to an activating group) is 1. The summed E-state index contributed by atoms with van der Waals surface area (Å²) >= 11 is 0. The van der Waals surface area contributed by atoms with Crippen molar-refractivity contribution in [2.75, 3.05) is 26.9 Å². The maximum absolute atomic E-state index is 10.8. The first-order chi connectivity index (χ1) is 5.20. The Kier molecular flexibility index (Phi) is 5.42. The minimum Gasteiger partial charge on any atom is -0.449 e. The van der Waals surface area contributed by atoms with Gasteiger partial charge in [-0.3, -0.25) is 15.4 Å². The molecule has 0 unspecified atom stereocenters. The number of hydrogen-bond acceptors (Lipinski definition) is 4. The van der Waals surface area contributed by atoms with Crippen LogP contribution in [-0.4, -0.2) is 37.7 Å². The summed E-state index contributed by atoms with van der Waals surface area (Å²) < 4.78 is 4.52. The van der Waals surface area contributed by atoms with E-state index >= 15 is 0 Å². The number of hydrogen-bond donors (Lipinski definition) is 1. The van der Waals surface area contributed by atoms with E-state index in [9.17, 15) is 4.79 Å². The average Bonchev–Trinajstić information content (AvgIpc) is 1.87. The molecule has 4 heteroatoms. The molecule has 0 fully saturated rings. The Labute approximate surface area is 66.6 Å². The molecule has 0 atom stereocenters. The van der Waals surface area contributed by atoms with Crippen molar-refractivity contribution in [3.05, 3.63) is 12.7 Å². The molecule has 0 aliphatic rings. The van der Waals surface area contributed by atoms with Crippen molar-refractivity contribution in [2.45, 2.75) is 0 Å². The summed E-state index contributed by atoms with van der Waals surface area (Å²) in [5, 5.41) is 0. The smallest absolute Gasteiger partial charge is 0.321 e. The van der Waals surface area contributed by atoms with Gasteiger partial charge in [0.05, 0.1) is 6.54 Å². The minimum absolute atomic E-state index is 0.0548. The highest BCUT2D eigenvalue weighted by Gasteiger charge is 2.04. The maximum Gasteiger partial charge on any atom is 0.321 e. The number of nitrogens with two attached hydrogens (primary N) is 1. The van der Waals surface area contributed by atoms with Gasteiger partial charge in [0.2, 0.25) is 0 Å². The second kappa shape index (κ2) is 5.88. The van der Waals surface area contributed by atoms with E-state index in [1.807, 2.05) is 0 Å². The molecule has 0 heterocycles. The quantitative estimate of drug-likeness (QED) is 0.335. The van der Waals surface area contributed by atoms with Gasteiger partial charge < -0.3 is 4.74 Å². The number of carbonyl (C=O) groups excluding carboxylic acids is 1. The Balaban J connectivity index is 3.48. The zero-order valence-corrected chi connectivity index (χ0v) is 6.75. The maximum atomic E-state index is 10.8. The number of nitrogens with zero attached hydrogens (tertiary/aromatic N) is 1. The van der Waals surface area contributed by atoms with Gasteiger partial charge in [-0.25, -0.2) is 0 Å². The molecule has 11 heavy (non-hydrogen) atoms. The van der Waals surface area contributed by atoms with Crippen LogP contribution in [0, 0.1) is 0 Å². The third-order valence-electron chi connectivity index (χ3n) is 1.08. The Morgan fingerprint density at radius 2 is 2.45 bits per heavy atom. The summed E-state index contributed by atoms with van der Waals surface area (Å²) in [5.41, 5.74) is 5.00. The van der Waals surface area contributed by atoms with Gasteiger partial charge in [0, 0.05) is 6.54 Å². The molecule has 0 amide bonds. The lowest BCUT2D eigenvalue weighted by Gasteiger charge is -2.11. The van der Waals surface area contributed by atoms with Gasteiger partial charge in [-0.1, -0.05) is 6.08 Å². The molecule has 0 aromatic rings. The Morgan fingerprint density at radius 3 is 2.91 bits per heavy atom. The van der Waals surface area contributed by atoms with E-state index in [4.69, 9.17) is 5.73 Å². The molecule has 2 N–H and O–H groups in total. The standard InChI is InChI=1S/C7H14N2O2/c1-3-4-9(2)5-7(10)11-6-8/h3H,1,4-6,8H2,2H3. The van der Waals surface area contributed by atoms with E-state index in [2.05, 4.69) is 11.3 Å². The van der Waals surface area contributed by atoms with Crippen LogP contribution in [-0.2, 0) is 9.53 Å². The molecule has 0 radical (unpaired) electrons. The van der Waals surface area contributed by atoms with Crippen LogP contribution in [0.5, 0.6) is 0 Å². The van der Waals surface area contributed by atoms with E-state index in [0.717, 1.165) is 0 Å². The van der Waals surface area contributed by atoms with Crippen molar-refractivity contribution in [1.29, 1.82) is 0 Å². The van der Waals surface area contributed by atoms with Crippen LogP contribution in [0.4, 0.5) is 0 Å². The fraction of sp³-hybridized carbons (Fsp3) is 0.571. The second-order valence-corrected chi connectivity index (χ2v) is 2.17. The zero-order chi connectivity index (χ0) is 8.69. The first-order valence-corrected chi connectivity index (χ1v) is 3.35. The van der Waals surface area contributed by atoms with Gasteiger partial charge >= 0.3 is 5.97 Å². The summed E-state index contributed by atoms with van der Waals surface area (Å²) in [6, 6.07) is 0. The summed E-state index contributed by atoms with van der Waals surface area (Å²) in [6.45, 7) is 4.40. The lowest BCUT2D eigenvalue weighted by Crippen LogP contribution is -2.28. The number of ether oxygens (including phenoxy) is 1. The van der Waals surface area contributed by atoms with Crippen LogP contribution in [0.25, 0.3) is 0 Å². The van der Waals surface area contributed by atoms with Gasteiger partial charge in [0.25, 0.3) is 0 Å². The molecule has 4 nitrogen and oxygen atoms in total. The molecular formula is C7H14N2O2. The zero-order valence-electron chi connectivity index (χ0n) is 6.75. The van der Waals surface area contributed by atoms with Crippen molar-refractivity contribution in [1.82, 2.24) is 4.90 Å². The van der Waals surface area contributed by atoms with E-state index in [1.54, 1.807) is 18.0 Å². The number of rotatable bonds is 5. The predicted molar refractivity (Wildman–Crippen MR) is 42.8 cm³/mol. The Morgan fingerprint density at radius 1 is 1.82 bits per heavy atom. The molecule has 0 saturated heterocycles. The average molecular weight is 158 g/mol. The lowest BCUT2D eigenvalue weighted by atomic mass is 10.5. The minimum atomic E-state index is -0.308. The lowest BCUT2D eigenvalue weighted by molar-refractivity contribution is -0.144. The molecule has 0 rings (SSSR count). The summed E-state index contributed by atoms with van der Waals surface area (Å²) in [5.74, 6) is -0.308. The molecule has 0 aromatic heterocycles. The molecule has 64 valence electrons. The van der Waals surface area contributed by atoms with Crippen LogP contribution in [0.2, 0.25) is 0 Å². The number of esters is 1. The molecule has 0 saturated carbocycles. The van der Waals surface area contributed by atoms with Crippen LogP contribution in [0.15, 0.2) is 12.7 Å². The van der Waals surface area contributed by atoms with Gasteiger partial charge in [-0.05, 0) is 7.05 Å². The predicted octanol–water partition coefficient (Wildman–Crippen LogP) is -0.436. The third kappa shape index (κ3) is 5.57. The molecule has 0 bridgehead atoms. The Hall–Kier alpha value is -0.870. The van der Waals surface area contributed by atoms with E-state index in [0.29, 0.717) is 6.54 Å². The third-order valence-corrected chi connectivity index (χ3v) is 1.08. The first kappa shape index (κ1) is 10.1. The summed E-state index contributed by atoms with van der Waals surface area (Å²) in [7, 11) is 1.81. The fourth-order valence-electron chi connectivity index (χ4n) is 0.644. The van der Waals surface area contributed by atoms with Gasteiger partial charge in [-0.15, -0.1) is 6.58 Å². The van der Waals surface area contributed by atoms with E-state index in [-0.39, 0.29) is 19.2 Å². The van der Waals surface area contributed by atoms with Crippen molar-refractivity contribution in [2.24, 2.45) is 5.73 Å². The van der Waals surface area contributed by atoms with Crippen molar-refractivity contribution in [3.8, 4) is 0 Å². The summed E-state index contributed by atoms with van der Waals surface area (Å²) in [4.78, 5) is 12.5. The van der Waals surface area contributed by atoms with Gasteiger partial charge in [0.15, 0.2) is 0 Å². The Bertz CT molecular complexity index is 136. The molecule has 0 spiro atoms. The van der Waals surface area contributed by atoms with Crippen molar-refractivity contribution < 1.29 is 9.53 Å². The normalized spacial score (nSPS) is 9.73. The summed E-state index contributed by atoms with van der Waals surface area (Å²) in [6.07, 6.45) is 1.72. The highest BCUT2D eigenvalue weighted by molar-refractivity contribution is 5.71. The van der Waals surface area contributed by atoms with Gasteiger partial charge in [0.1, 0.15) is 6.73 Å². The van der Waals surface area contributed by atoms with Crippen LogP contribution in [0.3, 0.4) is 0 Å². The molecule has 0 aromatic carbocycles. The molecule has 0 aliphatic carbocycles. The topological polar surface area (TPSA) is 55.6 Å². The van der Waals surface area contributed by atoms with Crippen LogP contribution >= 0.6 is 0 Å². The van der Waals surface area contributed by atoms with Gasteiger partial charge in [-0.2, -0.15) is 0 Å². The highest BCUT2D eigenvalue weighted by atomic mass is 16.5. The van der Waals surface area contributed by atoms with Crippen LogP contribution < -0.4 is 5.73 Å². The first-order valence-electron chi connectivity index (χ1n) is 3.35. The second-order valence-electron chi connectivity index (χ2n) is 2.17. The fourth-order valence-corrected chi connectivity index (χ4v) is 0.644. The largest absolute Gasteiger partial charge is 0.449 e. The van der Waals surface area contributed by atoms with Crippen LogP contribution in [0.1, 0.15) is 0 Å².